The van der Waals surface area contributed by atoms with Crippen LogP contribution in [0.2, 0.25) is 0 Å². The van der Waals surface area contributed by atoms with Gasteiger partial charge in [-0.3, -0.25) is 5.84 Å². The van der Waals surface area contributed by atoms with Crippen LogP contribution < -0.4 is 5.84 Å². The van der Waals surface area contributed by atoms with E-state index in [0.29, 0.717) is 0 Å². The van der Waals surface area contributed by atoms with Crippen molar-refractivity contribution < 1.29 is 0 Å². The predicted molar refractivity (Wildman–Crippen MR) is 32.8 cm³/mol. The summed E-state index contributed by atoms with van der Waals surface area (Å²) >= 11 is 1.90. The molecule has 1 aliphatic rings. The lowest BCUT2D eigenvalue weighted by Gasteiger charge is -2.19. The number of rotatable bonds is 0. The SMILES string of the molecule is NN1CCCSC1. The summed E-state index contributed by atoms with van der Waals surface area (Å²) in [4.78, 5) is 0. The summed E-state index contributed by atoms with van der Waals surface area (Å²) in [6.07, 6.45) is 1.25. The Hall–Kier alpha value is 0.270. The van der Waals surface area contributed by atoms with Crippen molar-refractivity contribution in [2.75, 3.05) is 18.2 Å². The molecule has 0 aromatic heterocycles. The van der Waals surface area contributed by atoms with Gasteiger partial charge in [-0.1, -0.05) is 0 Å². The molecular weight excluding hydrogens is 108 g/mol. The third kappa shape index (κ3) is 1.67. The highest BCUT2D eigenvalue weighted by Crippen LogP contribution is 2.08. The summed E-state index contributed by atoms with van der Waals surface area (Å²) in [6.45, 7) is 1.08. The molecule has 0 aromatic carbocycles. The molecule has 0 radical (unpaired) electrons. The molecule has 1 fully saturated rings. The molecule has 1 saturated heterocycles. The zero-order chi connectivity index (χ0) is 5.11. The maximum atomic E-state index is 5.45. The first-order valence-electron chi connectivity index (χ1n) is 2.47. The van der Waals surface area contributed by atoms with Crippen molar-refractivity contribution in [3.63, 3.8) is 0 Å². The van der Waals surface area contributed by atoms with Crippen molar-refractivity contribution >= 4 is 11.8 Å². The van der Waals surface area contributed by atoms with Crippen LogP contribution in [0.15, 0.2) is 0 Å². The average Bonchev–Trinajstić information content (AvgIpc) is 1.69. The standard InChI is InChI=1S/C4H10N2S/c5-6-2-1-3-7-4-6/h1-5H2. The molecule has 0 spiro atoms. The third-order valence-corrected chi connectivity index (χ3v) is 2.08. The van der Waals surface area contributed by atoms with Crippen molar-refractivity contribution in [2.24, 2.45) is 5.84 Å². The highest BCUT2D eigenvalue weighted by atomic mass is 32.2. The van der Waals surface area contributed by atoms with Crippen LogP contribution in [0.25, 0.3) is 0 Å². The molecule has 0 atom stereocenters. The van der Waals surface area contributed by atoms with Gasteiger partial charge >= 0.3 is 0 Å². The Balaban J connectivity index is 2.12. The quantitative estimate of drug-likeness (QED) is 0.462. The molecule has 0 aliphatic carbocycles. The molecule has 1 heterocycles. The van der Waals surface area contributed by atoms with Crippen LogP contribution in [0.3, 0.4) is 0 Å². The normalized spacial score (nSPS) is 25.3. The molecule has 3 heteroatoms. The number of thioether (sulfide) groups is 1. The average molecular weight is 118 g/mol. The monoisotopic (exact) mass is 118 g/mol. The van der Waals surface area contributed by atoms with E-state index in [0.717, 1.165) is 12.4 Å². The summed E-state index contributed by atoms with van der Waals surface area (Å²) in [6, 6.07) is 0. The summed E-state index contributed by atoms with van der Waals surface area (Å²) in [5.41, 5.74) is 0. The summed E-state index contributed by atoms with van der Waals surface area (Å²) < 4.78 is 0. The van der Waals surface area contributed by atoms with Gasteiger partial charge in [-0.15, -0.1) is 11.8 Å². The minimum Gasteiger partial charge on any atom is -0.268 e. The molecule has 0 unspecified atom stereocenters. The Kier molecular flexibility index (Phi) is 1.97. The van der Waals surface area contributed by atoms with E-state index in [2.05, 4.69) is 0 Å². The molecule has 42 valence electrons. The second-order valence-corrected chi connectivity index (χ2v) is 2.78. The fourth-order valence-electron chi connectivity index (χ4n) is 0.616. The van der Waals surface area contributed by atoms with Crippen LogP contribution in [0.5, 0.6) is 0 Å². The van der Waals surface area contributed by atoms with Gasteiger partial charge in [-0.2, -0.15) is 0 Å². The fraction of sp³-hybridized carbons (Fsp3) is 1.00. The molecule has 0 aromatic rings. The van der Waals surface area contributed by atoms with Crippen LogP contribution in [0.4, 0.5) is 0 Å². The summed E-state index contributed by atoms with van der Waals surface area (Å²) in [7, 11) is 0. The Morgan fingerprint density at radius 1 is 1.57 bits per heavy atom. The van der Waals surface area contributed by atoms with Crippen molar-refractivity contribution in [1.29, 1.82) is 0 Å². The summed E-state index contributed by atoms with van der Waals surface area (Å²) in [5.74, 6) is 7.75. The van der Waals surface area contributed by atoms with Gasteiger partial charge in [0.2, 0.25) is 0 Å². The number of hydrogen-bond donors (Lipinski definition) is 1. The maximum Gasteiger partial charge on any atom is 0.0585 e. The van der Waals surface area contributed by atoms with Gasteiger partial charge in [-0.05, 0) is 12.2 Å². The van der Waals surface area contributed by atoms with Crippen molar-refractivity contribution in [1.82, 2.24) is 5.01 Å². The Labute approximate surface area is 48.0 Å². The van der Waals surface area contributed by atoms with Crippen LogP contribution >= 0.6 is 11.8 Å². The first kappa shape index (κ1) is 5.41. The van der Waals surface area contributed by atoms with E-state index >= 15 is 0 Å². The van der Waals surface area contributed by atoms with E-state index in [1.54, 1.807) is 0 Å². The van der Waals surface area contributed by atoms with Crippen LogP contribution in [0, 0.1) is 0 Å². The van der Waals surface area contributed by atoms with Gasteiger partial charge in [0.15, 0.2) is 0 Å². The molecular formula is C4H10N2S. The second-order valence-electron chi connectivity index (χ2n) is 1.70. The Morgan fingerprint density at radius 3 is 2.71 bits per heavy atom. The lowest BCUT2D eigenvalue weighted by Crippen LogP contribution is -2.34. The fourth-order valence-corrected chi connectivity index (χ4v) is 1.44. The maximum absolute atomic E-state index is 5.45. The molecule has 0 amide bonds. The number of nitrogens with zero attached hydrogens (tertiary/aromatic N) is 1. The Bertz CT molecular complexity index is 51.7. The molecule has 1 rings (SSSR count). The van der Waals surface area contributed by atoms with E-state index in [4.69, 9.17) is 5.84 Å². The lowest BCUT2D eigenvalue weighted by molar-refractivity contribution is 0.328. The first-order chi connectivity index (χ1) is 3.39. The zero-order valence-electron chi connectivity index (χ0n) is 4.26. The largest absolute Gasteiger partial charge is 0.268 e. The number of nitrogens with two attached hydrogens (primary N) is 1. The van der Waals surface area contributed by atoms with Crippen molar-refractivity contribution in [2.45, 2.75) is 6.42 Å². The third-order valence-electron chi connectivity index (χ3n) is 0.991. The zero-order valence-corrected chi connectivity index (χ0v) is 5.08. The molecule has 0 saturated carbocycles. The highest BCUT2D eigenvalue weighted by Gasteiger charge is 2.03. The predicted octanol–water partition coefficient (Wildman–Crippen LogP) is 0.256. The van der Waals surface area contributed by atoms with E-state index in [1.807, 2.05) is 16.8 Å². The Morgan fingerprint density at radius 2 is 2.43 bits per heavy atom. The minimum absolute atomic E-state index is 1.01. The van der Waals surface area contributed by atoms with E-state index in [-0.39, 0.29) is 0 Å². The van der Waals surface area contributed by atoms with Gasteiger partial charge in [0.05, 0.1) is 5.88 Å². The highest BCUT2D eigenvalue weighted by molar-refractivity contribution is 7.99. The smallest absolute Gasteiger partial charge is 0.0585 e. The van der Waals surface area contributed by atoms with E-state index in [1.165, 1.54) is 12.2 Å². The molecule has 2 nitrogen and oxygen atoms in total. The van der Waals surface area contributed by atoms with Crippen molar-refractivity contribution in [3.05, 3.63) is 0 Å². The van der Waals surface area contributed by atoms with Gasteiger partial charge < -0.3 is 0 Å². The van der Waals surface area contributed by atoms with Crippen LogP contribution in [-0.4, -0.2) is 23.2 Å². The minimum atomic E-state index is 1.01. The van der Waals surface area contributed by atoms with E-state index < -0.39 is 0 Å². The summed E-state index contributed by atoms with van der Waals surface area (Å²) in [5, 5.41) is 1.86. The number of hydrogen-bond acceptors (Lipinski definition) is 3. The van der Waals surface area contributed by atoms with Gasteiger partial charge in [0.25, 0.3) is 0 Å². The molecule has 0 bridgehead atoms. The van der Waals surface area contributed by atoms with Crippen LogP contribution in [0.1, 0.15) is 6.42 Å². The second kappa shape index (κ2) is 2.55. The van der Waals surface area contributed by atoms with Gasteiger partial charge in [-0.25, -0.2) is 5.01 Å². The molecule has 2 N–H and O–H groups in total. The molecule has 1 aliphatic heterocycles. The van der Waals surface area contributed by atoms with Gasteiger partial charge in [0, 0.05) is 6.54 Å². The number of hydrazine groups is 1. The lowest BCUT2D eigenvalue weighted by atomic mass is 10.5. The van der Waals surface area contributed by atoms with Gasteiger partial charge in [0.1, 0.15) is 0 Å². The van der Waals surface area contributed by atoms with Crippen LogP contribution in [-0.2, 0) is 0 Å². The first-order valence-corrected chi connectivity index (χ1v) is 3.62. The van der Waals surface area contributed by atoms with Crippen molar-refractivity contribution in [3.8, 4) is 0 Å². The van der Waals surface area contributed by atoms with E-state index in [9.17, 15) is 0 Å². The molecule has 7 heavy (non-hydrogen) atoms. The topological polar surface area (TPSA) is 29.3 Å².